The summed E-state index contributed by atoms with van der Waals surface area (Å²) < 4.78 is 1.70. The largest absolute Gasteiger partial charge is 0.440 e. The van der Waals surface area contributed by atoms with E-state index in [1.807, 2.05) is 30.3 Å². The molecule has 2 rings (SSSR count). The minimum Gasteiger partial charge on any atom is -0.298 e. The second-order valence-corrected chi connectivity index (χ2v) is 5.59. The van der Waals surface area contributed by atoms with Gasteiger partial charge in [0.15, 0.2) is 3.70 Å². The van der Waals surface area contributed by atoms with Crippen LogP contribution in [0.5, 0.6) is 0 Å². The summed E-state index contributed by atoms with van der Waals surface area (Å²) in [6.07, 6.45) is 1.15. The number of halogens is 2. The Balaban J connectivity index is 2.11. The van der Waals surface area contributed by atoms with Gasteiger partial charge in [-0.15, -0.1) is 5.10 Å². The Labute approximate surface area is 131 Å². The molecular weight excluding hydrogens is 460 g/mol. The van der Waals surface area contributed by atoms with Crippen molar-refractivity contribution >= 4 is 57.0 Å². The standard InChI is InChI=1S/C11H9I2N3O2/c1-15(8-5-3-2-4-6-8)11(17)18-16-10(13)9(12)7-14-16/h2-7H,1H3. The molecule has 0 aliphatic carbocycles. The molecule has 0 bridgehead atoms. The molecule has 0 saturated heterocycles. The maximum absolute atomic E-state index is 11.9. The molecule has 18 heavy (non-hydrogen) atoms. The molecule has 0 atom stereocenters. The van der Waals surface area contributed by atoms with Crippen LogP contribution in [0.4, 0.5) is 10.5 Å². The second-order valence-electron chi connectivity index (χ2n) is 3.41. The minimum atomic E-state index is -0.487. The van der Waals surface area contributed by atoms with Gasteiger partial charge in [0, 0.05) is 12.7 Å². The summed E-state index contributed by atoms with van der Waals surface area (Å²) in [6, 6.07) is 9.28. The summed E-state index contributed by atoms with van der Waals surface area (Å²) in [5, 5.41) is 3.96. The minimum absolute atomic E-state index is 0.487. The van der Waals surface area contributed by atoms with Crippen molar-refractivity contribution < 1.29 is 9.63 Å². The number of aromatic nitrogens is 2. The van der Waals surface area contributed by atoms with E-state index < -0.39 is 6.09 Å². The van der Waals surface area contributed by atoms with E-state index in [1.165, 1.54) is 9.75 Å². The molecule has 0 fully saturated rings. The molecule has 1 amide bonds. The second kappa shape index (κ2) is 5.87. The quantitative estimate of drug-likeness (QED) is 0.637. The molecule has 0 radical (unpaired) electrons. The van der Waals surface area contributed by atoms with Gasteiger partial charge in [0.05, 0.1) is 9.77 Å². The van der Waals surface area contributed by atoms with Gasteiger partial charge in [-0.25, -0.2) is 4.79 Å². The van der Waals surface area contributed by atoms with Crippen molar-refractivity contribution in [3.05, 3.63) is 43.8 Å². The number of hydrogen-bond donors (Lipinski definition) is 0. The molecule has 0 saturated carbocycles. The number of hydrogen-bond acceptors (Lipinski definition) is 3. The maximum atomic E-state index is 11.9. The molecule has 0 unspecified atom stereocenters. The smallest absolute Gasteiger partial charge is 0.298 e. The van der Waals surface area contributed by atoms with E-state index in [0.29, 0.717) is 0 Å². The van der Waals surface area contributed by atoms with Crippen LogP contribution in [0.15, 0.2) is 36.5 Å². The van der Waals surface area contributed by atoms with E-state index in [9.17, 15) is 4.79 Å². The van der Waals surface area contributed by atoms with Crippen LogP contribution in [0.2, 0.25) is 0 Å². The van der Waals surface area contributed by atoms with E-state index >= 15 is 0 Å². The van der Waals surface area contributed by atoms with E-state index in [-0.39, 0.29) is 0 Å². The summed E-state index contributed by atoms with van der Waals surface area (Å²) in [5.41, 5.74) is 0.763. The van der Waals surface area contributed by atoms with E-state index in [2.05, 4.69) is 50.3 Å². The predicted molar refractivity (Wildman–Crippen MR) is 84.5 cm³/mol. The topological polar surface area (TPSA) is 47.4 Å². The number of para-hydroxylation sites is 1. The molecule has 0 N–H and O–H groups in total. The van der Waals surface area contributed by atoms with Gasteiger partial charge in [-0.2, -0.15) is 0 Å². The summed E-state index contributed by atoms with van der Waals surface area (Å²) in [6.45, 7) is 0. The number of carbonyl (C=O) groups excluding carboxylic acids is 1. The Morgan fingerprint density at radius 2 is 2.00 bits per heavy atom. The third-order valence-electron chi connectivity index (χ3n) is 2.22. The SMILES string of the molecule is CN(C(=O)On1ncc(I)c1I)c1ccccc1. The van der Waals surface area contributed by atoms with Crippen molar-refractivity contribution in [3.63, 3.8) is 0 Å². The summed E-state index contributed by atoms with van der Waals surface area (Å²) in [4.78, 5) is 19.7. The molecule has 0 aliphatic rings. The monoisotopic (exact) mass is 469 g/mol. The Morgan fingerprint density at radius 1 is 1.33 bits per heavy atom. The third kappa shape index (κ3) is 2.94. The van der Waals surface area contributed by atoms with Crippen molar-refractivity contribution in [3.8, 4) is 0 Å². The van der Waals surface area contributed by atoms with Crippen molar-refractivity contribution in [2.45, 2.75) is 0 Å². The molecule has 1 heterocycles. The van der Waals surface area contributed by atoms with Gasteiger partial charge in [-0.05, 0) is 57.3 Å². The normalized spacial score (nSPS) is 10.2. The number of anilines is 1. The Kier molecular flexibility index (Phi) is 4.43. The summed E-state index contributed by atoms with van der Waals surface area (Å²) >= 11 is 4.19. The molecule has 7 heteroatoms. The summed E-state index contributed by atoms with van der Waals surface area (Å²) in [7, 11) is 1.65. The van der Waals surface area contributed by atoms with Crippen LogP contribution < -0.4 is 9.74 Å². The van der Waals surface area contributed by atoms with Gasteiger partial charge in [0.1, 0.15) is 0 Å². The first kappa shape index (κ1) is 13.6. The van der Waals surface area contributed by atoms with Gasteiger partial charge in [-0.1, -0.05) is 23.0 Å². The summed E-state index contributed by atoms with van der Waals surface area (Å²) in [5.74, 6) is 0. The Bertz CT molecular complexity index is 557. The average Bonchev–Trinajstić information content (AvgIpc) is 2.71. The van der Waals surface area contributed by atoms with Crippen molar-refractivity contribution in [1.82, 2.24) is 9.94 Å². The molecule has 2 aromatic rings. The molecule has 0 spiro atoms. The highest BCUT2D eigenvalue weighted by Gasteiger charge is 2.16. The average molecular weight is 469 g/mol. The highest BCUT2D eigenvalue weighted by molar-refractivity contribution is 14.1. The number of nitrogens with zero attached hydrogens (tertiary/aromatic N) is 3. The Morgan fingerprint density at radius 3 is 2.56 bits per heavy atom. The fraction of sp³-hybridized carbons (Fsp3) is 0.0909. The number of amides is 1. The maximum Gasteiger partial charge on any atom is 0.440 e. The van der Waals surface area contributed by atoms with Crippen LogP contribution in [0.1, 0.15) is 0 Å². The Hall–Kier alpha value is -0.840. The van der Waals surface area contributed by atoms with E-state index in [0.717, 1.165) is 13.0 Å². The van der Waals surface area contributed by atoms with Gasteiger partial charge < -0.3 is 0 Å². The van der Waals surface area contributed by atoms with Crippen LogP contribution in [0.25, 0.3) is 0 Å². The lowest BCUT2D eigenvalue weighted by atomic mass is 10.3. The fourth-order valence-corrected chi connectivity index (χ4v) is 1.95. The molecule has 1 aromatic carbocycles. The molecule has 5 nitrogen and oxygen atoms in total. The lowest BCUT2D eigenvalue weighted by molar-refractivity contribution is 0.120. The first-order valence-corrected chi connectivity index (χ1v) is 7.15. The van der Waals surface area contributed by atoms with Crippen molar-refractivity contribution in [2.24, 2.45) is 0 Å². The van der Waals surface area contributed by atoms with Crippen molar-refractivity contribution in [1.29, 1.82) is 0 Å². The number of carbonyl (C=O) groups is 1. The van der Waals surface area contributed by atoms with Crippen LogP contribution in [0, 0.1) is 7.27 Å². The molecular formula is C11H9I2N3O2. The van der Waals surface area contributed by atoms with Gasteiger partial charge in [0.25, 0.3) is 0 Å². The molecule has 0 aliphatic heterocycles. The zero-order chi connectivity index (χ0) is 13.1. The van der Waals surface area contributed by atoms with E-state index in [1.54, 1.807) is 13.2 Å². The zero-order valence-electron chi connectivity index (χ0n) is 9.38. The number of benzene rings is 1. The van der Waals surface area contributed by atoms with Crippen molar-refractivity contribution in [2.75, 3.05) is 11.9 Å². The predicted octanol–water partition coefficient (Wildman–Crippen LogP) is 2.78. The highest BCUT2D eigenvalue weighted by Crippen LogP contribution is 2.14. The first-order valence-electron chi connectivity index (χ1n) is 4.99. The lowest BCUT2D eigenvalue weighted by Gasteiger charge is -2.16. The third-order valence-corrected chi connectivity index (χ3v) is 5.04. The molecule has 94 valence electrons. The van der Waals surface area contributed by atoms with Crippen LogP contribution >= 0.6 is 45.2 Å². The fourth-order valence-electron chi connectivity index (χ4n) is 1.25. The van der Waals surface area contributed by atoms with Crippen LogP contribution in [0.3, 0.4) is 0 Å². The first-order chi connectivity index (χ1) is 8.59. The number of rotatable bonds is 2. The van der Waals surface area contributed by atoms with Crippen LogP contribution in [-0.2, 0) is 0 Å². The van der Waals surface area contributed by atoms with Crippen LogP contribution in [-0.4, -0.2) is 23.1 Å². The molecule has 1 aromatic heterocycles. The van der Waals surface area contributed by atoms with Gasteiger partial charge in [0.2, 0.25) is 0 Å². The van der Waals surface area contributed by atoms with Gasteiger partial charge >= 0.3 is 6.09 Å². The zero-order valence-corrected chi connectivity index (χ0v) is 13.7. The lowest BCUT2D eigenvalue weighted by Crippen LogP contribution is -2.35. The van der Waals surface area contributed by atoms with E-state index in [4.69, 9.17) is 4.84 Å². The highest BCUT2D eigenvalue weighted by atomic mass is 127. The van der Waals surface area contributed by atoms with Gasteiger partial charge in [-0.3, -0.25) is 9.74 Å².